The van der Waals surface area contributed by atoms with Crippen molar-refractivity contribution >= 4 is 17.3 Å². The van der Waals surface area contributed by atoms with Crippen molar-refractivity contribution in [1.82, 2.24) is 9.97 Å². The first-order chi connectivity index (χ1) is 9.22. The molecular formula is C14H16N4O. The molecule has 1 atom stereocenters. The van der Waals surface area contributed by atoms with Crippen molar-refractivity contribution in [2.24, 2.45) is 0 Å². The van der Waals surface area contributed by atoms with Gasteiger partial charge in [0, 0.05) is 11.7 Å². The lowest BCUT2D eigenvalue weighted by Gasteiger charge is -2.25. The summed E-state index contributed by atoms with van der Waals surface area (Å²) in [7, 11) is 1.59. The lowest BCUT2D eigenvalue weighted by atomic mass is 10.1. The summed E-state index contributed by atoms with van der Waals surface area (Å²) in [5, 5.41) is 0. The SMILES string of the molecule is COc1c(N)ncnc1N1c2ccccc2CC1C. The predicted molar refractivity (Wildman–Crippen MR) is 74.7 cm³/mol. The Labute approximate surface area is 112 Å². The summed E-state index contributed by atoms with van der Waals surface area (Å²) in [6.45, 7) is 2.16. The number of anilines is 3. The predicted octanol–water partition coefficient (Wildman–Crippen LogP) is 2.15. The molecule has 0 spiro atoms. The number of nitrogens with two attached hydrogens (primary N) is 1. The van der Waals surface area contributed by atoms with E-state index in [1.807, 2.05) is 6.07 Å². The highest BCUT2D eigenvalue weighted by Crippen LogP contribution is 2.42. The Kier molecular flexibility index (Phi) is 2.74. The van der Waals surface area contributed by atoms with Crippen molar-refractivity contribution < 1.29 is 4.74 Å². The highest BCUT2D eigenvalue weighted by Gasteiger charge is 2.30. The van der Waals surface area contributed by atoms with E-state index >= 15 is 0 Å². The average Bonchev–Trinajstić information content (AvgIpc) is 2.74. The fourth-order valence-corrected chi connectivity index (χ4v) is 2.63. The second-order valence-corrected chi connectivity index (χ2v) is 4.67. The van der Waals surface area contributed by atoms with Gasteiger partial charge in [-0.1, -0.05) is 18.2 Å². The Hall–Kier alpha value is -2.30. The normalized spacial score (nSPS) is 17.4. The maximum Gasteiger partial charge on any atom is 0.204 e. The molecule has 2 N–H and O–H groups in total. The summed E-state index contributed by atoms with van der Waals surface area (Å²) in [4.78, 5) is 10.5. The standard InChI is InChI=1S/C14H16N4O/c1-9-7-10-5-3-4-6-11(10)18(9)14-12(19-2)13(15)16-8-17-14/h3-6,8-9H,7H2,1-2H3,(H2,15,16,17). The van der Waals surface area contributed by atoms with Crippen LogP contribution in [0.2, 0.25) is 0 Å². The molecule has 0 saturated heterocycles. The van der Waals surface area contributed by atoms with Crippen molar-refractivity contribution in [3.05, 3.63) is 36.2 Å². The van der Waals surface area contributed by atoms with Crippen LogP contribution in [-0.2, 0) is 6.42 Å². The van der Waals surface area contributed by atoms with Crippen LogP contribution in [0, 0.1) is 0 Å². The van der Waals surface area contributed by atoms with Crippen LogP contribution in [0.15, 0.2) is 30.6 Å². The molecule has 1 unspecified atom stereocenters. The number of hydrogen-bond donors (Lipinski definition) is 1. The van der Waals surface area contributed by atoms with Gasteiger partial charge in [-0.05, 0) is 25.0 Å². The minimum Gasteiger partial charge on any atom is -0.490 e. The third-order valence-electron chi connectivity index (χ3n) is 3.45. The monoisotopic (exact) mass is 256 g/mol. The van der Waals surface area contributed by atoms with Crippen LogP contribution in [-0.4, -0.2) is 23.1 Å². The van der Waals surface area contributed by atoms with Crippen molar-refractivity contribution in [1.29, 1.82) is 0 Å². The van der Waals surface area contributed by atoms with E-state index in [9.17, 15) is 0 Å². The number of hydrogen-bond acceptors (Lipinski definition) is 5. The van der Waals surface area contributed by atoms with Crippen molar-refractivity contribution in [2.75, 3.05) is 17.7 Å². The van der Waals surface area contributed by atoms with Crippen molar-refractivity contribution in [2.45, 2.75) is 19.4 Å². The first-order valence-electron chi connectivity index (χ1n) is 6.24. The van der Waals surface area contributed by atoms with Gasteiger partial charge in [0.05, 0.1) is 7.11 Å². The summed E-state index contributed by atoms with van der Waals surface area (Å²) in [6, 6.07) is 8.64. The van der Waals surface area contributed by atoms with Gasteiger partial charge in [-0.25, -0.2) is 9.97 Å². The molecule has 98 valence electrons. The number of rotatable bonds is 2. The fraction of sp³-hybridized carbons (Fsp3) is 0.286. The van der Waals surface area contributed by atoms with Crippen LogP contribution >= 0.6 is 0 Å². The fourth-order valence-electron chi connectivity index (χ4n) is 2.63. The number of methoxy groups -OCH3 is 1. The van der Waals surface area contributed by atoms with E-state index in [1.165, 1.54) is 11.9 Å². The van der Waals surface area contributed by atoms with E-state index in [-0.39, 0.29) is 0 Å². The Morgan fingerprint density at radius 3 is 2.89 bits per heavy atom. The van der Waals surface area contributed by atoms with Crippen LogP contribution in [0.25, 0.3) is 0 Å². The van der Waals surface area contributed by atoms with Crippen LogP contribution in [0.5, 0.6) is 5.75 Å². The second kappa shape index (κ2) is 4.42. The average molecular weight is 256 g/mol. The zero-order valence-electron chi connectivity index (χ0n) is 11.0. The maximum absolute atomic E-state index is 5.86. The molecule has 5 heteroatoms. The minimum absolute atomic E-state index is 0.320. The Morgan fingerprint density at radius 1 is 1.32 bits per heavy atom. The lowest BCUT2D eigenvalue weighted by molar-refractivity contribution is 0.413. The molecule has 0 saturated carbocycles. The second-order valence-electron chi connectivity index (χ2n) is 4.67. The summed E-state index contributed by atoms with van der Waals surface area (Å²) in [5.74, 6) is 1.63. The molecule has 0 bridgehead atoms. The Morgan fingerprint density at radius 2 is 2.11 bits per heavy atom. The molecule has 2 aromatic rings. The van der Waals surface area contributed by atoms with Crippen LogP contribution in [0.1, 0.15) is 12.5 Å². The van der Waals surface area contributed by atoms with Crippen molar-refractivity contribution in [3.8, 4) is 5.75 Å². The van der Waals surface area contributed by atoms with Crippen LogP contribution < -0.4 is 15.4 Å². The molecule has 0 aliphatic carbocycles. The van der Waals surface area contributed by atoms with E-state index in [0.29, 0.717) is 17.6 Å². The molecule has 1 aromatic heterocycles. The summed E-state index contributed by atoms with van der Waals surface area (Å²) < 4.78 is 5.36. The number of ether oxygens (including phenoxy) is 1. The summed E-state index contributed by atoms with van der Waals surface area (Å²) in [5.41, 5.74) is 8.33. The summed E-state index contributed by atoms with van der Waals surface area (Å²) in [6.07, 6.45) is 2.46. The molecule has 1 aliphatic rings. The van der Waals surface area contributed by atoms with Gasteiger partial charge in [-0.3, -0.25) is 0 Å². The highest BCUT2D eigenvalue weighted by molar-refractivity contribution is 5.75. The molecule has 1 aliphatic heterocycles. The molecule has 0 radical (unpaired) electrons. The molecule has 0 fully saturated rings. The third-order valence-corrected chi connectivity index (χ3v) is 3.45. The van der Waals surface area contributed by atoms with Crippen LogP contribution in [0.4, 0.5) is 17.3 Å². The Balaban J connectivity index is 2.15. The molecular weight excluding hydrogens is 240 g/mol. The number of nitrogen functional groups attached to an aromatic ring is 1. The van der Waals surface area contributed by atoms with Gasteiger partial charge < -0.3 is 15.4 Å². The molecule has 1 aromatic carbocycles. The highest BCUT2D eigenvalue weighted by atomic mass is 16.5. The first-order valence-corrected chi connectivity index (χ1v) is 6.24. The number of nitrogens with zero attached hydrogens (tertiary/aromatic N) is 3. The number of aromatic nitrogens is 2. The van der Waals surface area contributed by atoms with E-state index in [4.69, 9.17) is 10.5 Å². The largest absolute Gasteiger partial charge is 0.490 e. The van der Waals surface area contributed by atoms with E-state index in [0.717, 1.165) is 17.9 Å². The van der Waals surface area contributed by atoms with Gasteiger partial charge in [0.1, 0.15) is 6.33 Å². The van der Waals surface area contributed by atoms with E-state index in [1.54, 1.807) is 7.11 Å². The number of fused-ring (bicyclic) bond motifs is 1. The smallest absolute Gasteiger partial charge is 0.204 e. The lowest BCUT2D eigenvalue weighted by Crippen LogP contribution is -2.25. The van der Waals surface area contributed by atoms with Crippen LogP contribution in [0.3, 0.4) is 0 Å². The quantitative estimate of drug-likeness (QED) is 0.892. The zero-order valence-corrected chi connectivity index (χ0v) is 11.0. The van der Waals surface area contributed by atoms with Gasteiger partial charge in [-0.15, -0.1) is 0 Å². The topological polar surface area (TPSA) is 64.3 Å². The third kappa shape index (κ3) is 1.78. The molecule has 5 nitrogen and oxygen atoms in total. The number of para-hydroxylation sites is 1. The minimum atomic E-state index is 0.320. The van der Waals surface area contributed by atoms with Gasteiger partial charge in [0.15, 0.2) is 11.6 Å². The molecule has 0 amide bonds. The van der Waals surface area contributed by atoms with Gasteiger partial charge >= 0.3 is 0 Å². The van der Waals surface area contributed by atoms with Gasteiger partial charge in [0.2, 0.25) is 5.75 Å². The van der Waals surface area contributed by atoms with E-state index in [2.05, 4.69) is 40.0 Å². The molecule has 3 rings (SSSR count). The molecule has 19 heavy (non-hydrogen) atoms. The maximum atomic E-state index is 5.86. The van der Waals surface area contributed by atoms with Gasteiger partial charge in [-0.2, -0.15) is 0 Å². The zero-order chi connectivity index (χ0) is 13.4. The number of benzene rings is 1. The Bertz CT molecular complexity index is 614. The first kappa shape index (κ1) is 11.8. The molecule has 2 heterocycles. The van der Waals surface area contributed by atoms with Crippen molar-refractivity contribution in [3.63, 3.8) is 0 Å². The van der Waals surface area contributed by atoms with E-state index < -0.39 is 0 Å². The summed E-state index contributed by atoms with van der Waals surface area (Å²) >= 11 is 0. The van der Waals surface area contributed by atoms with Gasteiger partial charge in [0.25, 0.3) is 0 Å².